The zero-order valence-corrected chi connectivity index (χ0v) is 20.5. The Morgan fingerprint density at radius 3 is 2.11 bits per heavy atom. The van der Waals surface area contributed by atoms with Crippen LogP contribution in [0.1, 0.15) is 57.1 Å². The maximum absolute atomic E-state index is 13.0. The molecule has 1 saturated carbocycles. The first kappa shape index (κ1) is 24.8. The smallest absolute Gasteiger partial charge is 0.407 e. The topological polar surface area (TPSA) is 105 Å². The fraction of sp³-hybridized carbons (Fsp3) is 0.464. The fourth-order valence-corrected chi connectivity index (χ4v) is 5.06. The van der Waals surface area contributed by atoms with Gasteiger partial charge in [0.1, 0.15) is 12.1 Å². The van der Waals surface area contributed by atoms with E-state index < -0.39 is 23.5 Å². The van der Waals surface area contributed by atoms with E-state index in [-0.39, 0.29) is 36.8 Å². The summed E-state index contributed by atoms with van der Waals surface area (Å²) >= 11 is 0. The van der Waals surface area contributed by atoms with Crippen LogP contribution in [0.2, 0.25) is 0 Å². The summed E-state index contributed by atoms with van der Waals surface area (Å²) in [4.78, 5) is 37.4. The number of amides is 2. The molecule has 2 atom stereocenters. The van der Waals surface area contributed by atoms with Gasteiger partial charge in [0.05, 0.1) is 5.92 Å². The average molecular weight is 479 g/mol. The van der Waals surface area contributed by atoms with Gasteiger partial charge < -0.3 is 20.5 Å². The van der Waals surface area contributed by atoms with Crippen molar-refractivity contribution in [2.45, 2.75) is 51.5 Å². The van der Waals surface area contributed by atoms with Crippen molar-refractivity contribution in [2.75, 3.05) is 13.2 Å². The molecule has 4 rings (SSSR count). The van der Waals surface area contributed by atoms with Gasteiger partial charge in [-0.2, -0.15) is 0 Å². The van der Waals surface area contributed by atoms with Crippen molar-refractivity contribution in [3.63, 3.8) is 0 Å². The Morgan fingerprint density at radius 2 is 1.60 bits per heavy atom. The van der Waals surface area contributed by atoms with E-state index >= 15 is 0 Å². The summed E-state index contributed by atoms with van der Waals surface area (Å²) in [5.41, 5.74) is 3.29. The van der Waals surface area contributed by atoms with Crippen LogP contribution < -0.4 is 10.6 Å². The average Bonchev–Trinajstić information content (AvgIpc) is 3.64. The molecule has 1 fully saturated rings. The van der Waals surface area contributed by atoms with Crippen molar-refractivity contribution >= 4 is 18.0 Å². The van der Waals surface area contributed by atoms with Crippen LogP contribution in [-0.2, 0) is 14.3 Å². The first-order chi connectivity index (χ1) is 16.7. The second-order valence-corrected chi connectivity index (χ2v) is 10.3. The molecule has 2 aromatic rings. The van der Waals surface area contributed by atoms with Crippen LogP contribution in [0.15, 0.2) is 48.5 Å². The Kier molecular flexibility index (Phi) is 7.15. The molecule has 2 aliphatic carbocycles. The number of nitrogens with one attached hydrogen (secondary N) is 2. The van der Waals surface area contributed by atoms with Gasteiger partial charge in [0.15, 0.2) is 0 Å². The Balaban J connectivity index is 1.36. The van der Waals surface area contributed by atoms with Gasteiger partial charge in [-0.1, -0.05) is 62.4 Å². The highest BCUT2D eigenvalue weighted by Gasteiger charge is 2.49. The number of carboxylic acid groups (broad SMARTS) is 1. The highest BCUT2D eigenvalue weighted by molar-refractivity contribution is 5.88. The predicted molar refractivity (Wildman–Crippen MR) is 133 cm³/mol. The third kappa shape index (κ3) is 5.34. The molecule has 0 saturated heterocycles. The third-order valence-electron chi connectivity index (χ3n) is 7.18. The van der Waals surface area contributed by atoms with Gasteiger partial charge in [0.25, 0.3) is 0 Å². The molecule has 0 aliphatic heterocycles. The maximum Gasteiger partial charge on any atom is 0.407 e. The standard InChI is InChI=1S/C28H34N2O5/c1-17(2)14-18(25(31)30-28(3,26(32)33)19-12-13-19)15-29-27(34)35-16-24-22-10-6-4-8-20(22)21-9-5-7-11-23(21)24/h4-11,17-19,24H,12-16H2,1-3H3,(H,29,34)(H,30,31)(H,32,33). The van der Waals surface area contributed by atoms with Crippen LogP contribution in [0.3, 0.4) is 0 Å². The lowest BCUT2D eigenvalue weighted by atomic mass is 9.91. The molecule has 7 nitrogen and oxygen atoms in total. The zero-order chi connectivity index (χ0) is 25.2. The summed E-state index contributed by atoms with van der Waals surface area (Å²) < 4.78 is 5.59. The van der Waals surface area contributed by atoms with Gasteiger partial charge in [-0.3, -0.25) is 4.79 Å². The Morgan fingerprint density at radius 1 is 1.03 bits per heavy atom. The number of carbonyl (C=O) groups excluding carboxylic acids is 2. The highest BCUT2D eigenvalue weighted by atomic mass is 16.5. The molecular weight excluding hydrogens is 444 g/mol. The van der Waals surface area contributed by atoms with Crippen LogP contribution in [0, 0.1) is 17.8 Å². The molecule has 2 aromatic carbocycles. The molecule has 3 N–H and O–H groups in total. The van der Waals surface area contributed by atoms with E-state index in [0.29, 0.717) is 6.42 Å². The van der Waals surface area contributed by atoms with Crippen molar-refractivity contribution in [1.82, 2.24) is 10.6 Å². The lowest BCUT2D eigenvalue weighted by Crippen LogP contribution is -2.56. The molecule has 7 heteroatoms. The monoisotopic (exact) mass is 478 g/mol. The SMILES string of the molecule is CC(C)CC(CNC(=O)OCC1c2ccccc2-c2ccccc21)C(=O)NC(C)(C(=O)O)C1CC1. The summed E-state index contributed by atoms with van der Waals surface area (Å²) in [6.45, 7) is 5.83. The largest absolute Gasteiger partial charge is 0.480 e. The van der Waals surface area contributed by atoms with Crippen LogP contribution in [0.5, 0.6) is 0 Å². The number of fused-ring (bicyclic) bond motifs is 3. The minimum Gasteiger partial charge on any atom is -0.480 e. The number of benzene rings is 2. The third-order valence-corrected chi connectivity index (χ3v) is 7.18. The van der Waals surface area contributed by atoms with E-state index in [9.17, 15) is 19.5 Å². The number of hydrogen-bond acceptors (Lipinski definition) is 4. The Labute approximate surface area is 206 Å². The van der Waals surface area contributed by atoms with E-state index in [1.807, 2.05) is 38.1 Å². The van der Waals surface area contributed by atoms with Crippen molar-refractivity contribution < 1.29 is 24.2 Å². The first-order valence-corrected chi connectivity index (χ1v) is 12.3. The number of carbonyl (C=O) groups is 3. The van der Waals surface area contributed by atoms with Crippen LogP contribution in [0.4, 0.5) is 4.79 Å². The molecular formula is C28H34N2O5. The summed E-state index contributed by atoms with van der Waals surface area (Å²) in [5.74, 6) is -1.83. The highest BCUT2D eigenvalue weighted by Crippen LogP contribution is 2.44. The number of ether oxygens (including phenoxy) is 1. The molecule has 0 heterocycles. The van der Waals surface area contributed by atoms with Crippen molar-refractivity contribution in [3.05, 3.63) is 59.7 Å². The number of aliphatic carboxylic acids is 1. The van der Waals surface area contributed by atoms with E-state index in [1.165, 1.54) is 0 Å². The number of hydrogen-bond donors (Lipinski definition) is 3. The maximum atomic E-state index is 13.0. The van der Waals surface area contributed by atoms with Crippen molar-refractivity contribution in [3.8, 4) is 11.1 Å². The second kappa shape index (κ2) is 10.1. The summed E-state index contributed by atoms with van der Waals surface area (Å²) in [7, 11) is 0. The van der Waals surface area contributed by atoms with Crippen molar-refractivity contribution in [2.24, 2.45) is 17.8 Å². The molecule has 2 amide bonds. The molecule has 0 aromatic heterocycles. The molecule has 186 valence electrons. The fourth-order valence-electron chi connectivity index (χ4n) is 5.06. The van der Waals surface area contributed by atoms with Crippen molar-refractivity contribution in [1.29, 1.82) is 0 Å². The zero-order valence-electron chi connectivity index (χ0n) is 20.5. The van der Waals surface area contributed by atoms with E-state index in [4.69, 9.17) is 4.74 Å². The lowest BCUT2D eigenvalue weighted by Gasteiger charge is -2.29. The second-order valence-electron chi connectivity index (χ2n) is 10.3. The molecule has 35 heavy (non-hydrogen) atoms. The molecule has 2 aliphatic rings. The Bertz CT molecular complexity index is 1060. The Hall–Kier alpha value is -3.35. The number of rotatable bonds is 10. The van der Waals surface area contributed by atoms with Gasteiger partial charge in [-0.25, -0.2) is 9.59 Å². The van der Waals surface area contributed by atoms with Gasteiger partial charge >= 0.3 is 12.1 Å². The number of alkyl carbamates (subject to hydrolysis) is 1. The summed E-state index contributed by atoms with van der Waals surface area (Å²) in [6.07, 6.45) is 1.51. The van der Waals surface area contributed by atoms with Crippen LogP contribution in [0.25, 0.3) is 11.1 Å². The predicted octanol–water partition coefficient (Wildman–Crippen LogP) is 4.56. The minimum absolute atomic E-state index is 0.0438. The quantitative estimate of drug-likeness (QED) is 0.464. The van der Waals surface area contributed by atoms with E-state index in [2.05, 4.69) is 34.9 Å². The van der Waals surface area contributed by atoms with E-state index in [1.54, 1.807) is 6.92 Å². The first-order valence-electron chi connectivity index (χ1n) is 12.3. The summed E-state index contributed by atoms with van der Waals surface area (Å²) in [6, 6.07) is 16.3. The van der Waals surface area contributed by atoms with Gasteiger partial charge in [-0.05, 0) is 60.3 Å². The van der Waals surface area contributed by atoms with Gasteiger partial charge in [-0.15, -0.1) is 0 Å². The molecule has 0 bridgehead atoms. The van der Waals surface area contributed by atoms with Gasteiger partial charge in [0.2, 0.25) is 5.91 Å². The summed E-state index contributed by atoms with van der Waals surface area (Å²) in [5, 5.41) is 15.2. The molecule has 2 unspecified atom stereocenters. The van der Waals surface area contributed by atoms with Crippen LogP contribution >= 0.6 is 0 Å². The normalized spacial score (nSPS) is 17.1. The minimum atomic E-state index is -1.28. The van der Waals surface area contributed by atoms with Crippen LogP contribution in [-0.4, -0.2) is 41.8 Å². The molecule has 0 spiro atoms. The van der Waals surface area contributed by atoms with E-state index in [0.717, 1.165) is 35.1 Å². The number of carboxylic acids is 1. The lowest BCUT2D eigenvalue weighted by molar-refractivity contribution is -0.148. The van der Waals surface area contributed by atoms with Gasteiger partial charge in [0, 0.05) is 12.5 Å². The molecule has 0 radical (unpaired) electrons.